The van der Waals surface area contributed by atoms with Crippen molar-refractivity contribution in [2.45, 2.75) is 38.3 Å². The average molecular weight is 287 g/mol. The van der Waals surface area contributed by atoms with Gasteiger partial charge in [0.2, 0.25) is 0 Å². The number of hydrogen-bond donors (Lipinski definition) is 0. The molecule has 0 bridgehead atoms. The van der Waals surface area contributed by atoms with E-state index in [9.17, 15) is 9.18 Å². The number of hydrogen-bond acceptors (Lipinski definition) is 1. The van der Waals surface area contributed by atoms with Crippen LogP contribution in [0, 0.1) is 46.8 Å². The fourth-order valence-corrected chi connectivity index (χ4v) is 1.34. The van der Waals surface area contributed by atoms with Gasteiger partial charge in [-0.15, -0.1) is 5.92 Å². The summed E-state index contributed by atoms with van der Waals surface area (Å²) in [5.41, 5.74) is -1.02. The molecule has 0 atom stereocenters. The predicted octanol–water partition coefficient (Wildman–Crippen LogP) is 2.01. The normalized spacial score (nSPS) is 37.5. The Balaban J connectivity index is 0.000001000. The molecule has 3 heteroatoms. The van der Waals surface area contributed by atoms with Crippen LogP contribution in [0.3, 0.4) is 0 Å². The topological polar surface area (TPSA) is 17.1 Å². The summed E-state index contributed by atoms with van der Waals surface area (Å²) < 4.78 is 13.1. The van der Waals surface area contributed by atoms with E-state index >= 15 is 0 Å². The fourth-order valence-electron chi connectivity index (χ4n) is 1.34. The van der Waals surface area contributed by atoms with Crippen LogP contribution in [0.15, 0.2) is 0 Å². The van der Waals surface area contributed by atoms with E-state index in [4.69, 9.17) is 0 Å². The van der Waals surface area contributed by atoms with Crippen LogP contribution in [-0.4, -0.2) is 12.0 Å². The zero-order valence-electron chi connectivity index (χ0n) is 6.69. The number of alkyl halides is 1. The van der Waals surface area contributed by atoms with Crippen LogP contribution < -0.4 is 0 Å². The first-order valence-electron chi connectivity index (χ1n) is 3.71. The Morgan fingerprint density at radius 2 is 1.91 bits per heavy atom. The van der Waals surface area contributed by atoms with Gasteiger partial charge in [0.25, 0.3) is 0 Å². The second-order valence-corrected chi connectivity index (χ2v) is 3.31. The molecule has 0 aliphatic heterocycles. The molecule has 0 aromatic heterocycles. The van der Waals surface area contributed by atoms with Crippen molar-refractivity contribution in [3.05, 3.63) is 0 Å². The Kier molecular flexibility index (Phi) is 5.27. The number of rotatable bonds is 1. The minimum Gasteiger partial charge on any atom is -0.542 e. The van der Waals surface area contributed by atoms with Crippen LogP contribution in [0.2, 0.25) is 0 Å². The van der Waals surface area contributed by atoms with Crippen molar-refractivity contribution in [2.75, 3.05) is 0 Å². The van der Waals surface area contributed by atoms with Gasteiger partial charge >= 0.3 is 0 Å². The van der Waals surface area contributed by atoms with E-state index in [1.54, 1.807) is 6.92 Å². The summed E-state index contributed by atoms with van der Waals surface area (Å²) in [6.45, 7) is 1.61. The Bertz CT molecular complexity index is 126. The van der Waals surface area contributed by atoms with Gasteiger partial charge in [-0.25, -0.2) is 4.39 Å². The van der Waals surface area contributed by atoms with E-state index < -0.39 is 5.67 Å². The van der Waals surface area contributed by atoms with Crippen molar-refractivity contribution in [3.63, 3.8) is 0 Å². The van der Waals surface area contributed by atoms with Gasteiger partial charge in [0.15, 0.2) is 0 Å². The Labute approximate surface area is 99.6 Å². The van der Waals surface area contributed by atoms with Crippen molar-refractivity contribution in [3.8, 4) is 0 Å². The summed E-state index contributed by atoms with van der Waals surface area (Å²) >= 11 is 0. The largest absolute Gasteiger partial charge is 0.542 e. The summed E-state index contributed by atoms with van der Waals surface area (Å²) in [6, 6.07) is 0. The molecule has 1 fully saturated rings. The maximum Gasteiger partial charge on any atom is 0.108 e. The van der Waals surface area contributed by atoms with Gasteiger partial charge in [-0.3, -0.25) is 6.29 Å². The molecule has 0 unspecified atom stereocenters. The van der Waals surface area contributed by atoms with Gasteiger partial charge in [-0.1, -0.05) is 12.8 Å². The third-order valence-corrected chi connectivity index (χ3v) is 2.19. The number of halogens is 1. The Hall–Kier alpha value is 0.951. The molecule has 11 heavy (non-hydrogen) atoms. The molecule has 0 spiro atoms. The number of carbonyl (C=O) groups excluding carboxylic acids is 1. The molecular weight excluding hydrogens is 275 g/mol. The predicted molar refractivity (Wildman–Crippen MR) is 37.2 cm³/mol. The third-order valence-electron chi connectivity index (χ3n) is 2.19. The van der Waals surface area contributed by atoms with Gasteiger partial charge < -0.3 is 4.79 Å². The first-order chi connectivity index (χ1) is 4.64. The van der Waals surface area contributed by atoms with E-state index in [2.05, 4.69) is 0 Å². The second-order valence-electron chi connectivity index (χ2n) is 3.31. The maximum atomic E-state index is 13.1. The molecule has 0 N–H and O–H groups in total. The fraction of sp³-hybridized carbons (Fsp3) is 0.875. The molecule has 1 nitrogen and oxygen atoms in total. The maximum absolute atomic E-state index is 13.1. The standard InChI is InChI=1S/C8H12FO.Nd/c1-8(9)4-2-7(6-10)3-5-8;/h7H,2-5H2,1H3;/q-1;. The van der Waals surface area contributed by atoms with Crippen molar-refractivity contribution in [1.29, 1.82) is 0 Å². The monoisotopic (exact) mass is 285 g/mol. The minimum atomic E-state index is -1.02. The minimum absolute atomic E-state index is 0. The van der Waals surface area contributed by atoms with Gasteiger partial charge in [-0.2, -0.15) is 0 Å². The zero-order chi connectivity index (χ0) is 7.61. The quantitative estimate of drug-likeness (QED) is 0.674. The molecule has 0 saturated heterocycles. The van der Waals surface area contributed by atoms with Gasteiger partial charge in [0, 0.05) is 40.8 Å². The third kappa shape index (κ3) is 3.92. The van der Waals surface area contributed by atoms with Crippen molar-refractivity contribution < 1.29 is 50.0 Å². The van der Waals surface area contributed by atoms with Crippen LogP contribution in [-0.2, 0) is 4.79 Å². The average Bonchev–Trinajstić information content (AvgIpc) is 1.88. The summed E-state index contributed by atoms with van der Waals surface area (Å²) in [5, 5.41) is 0. The van der Waals surface area contributed by atoms with Gasteiger partial charge in [0.05, 0.1) is 0 Å². The molecule has 0 heterocycles. The van der Waals surface area contributed by atoms with E-state index in [1.807, 2.05) is 6.29 Å². The molecule has 0 aromatic carbocycles. The Morgan fingerprint density at radius 3 is 2.27 bits per heavy atom. The van der Waals surface area contributed by atoms with Crippen molar-refractivity contribution >= 4 is 6.29 Å². The molecule has 0 amide bonds. The smallest absolute Gasteiger partial charge is 0.108 e. The van der Waals surface area contributed by atoms with Crippen LogP contribution in [0.25, 0.3) is 0 Å². The van der Waals surface area contributed by atoms with E-state index in [0.717, 1.165) is 0 Å². The van der Waals surface area contributed by atoms with Crippen LogP contribution >= 0.6 is 0 Å². The molecule has 1 rings (SSSR count). The van der Waals surface area contributed by atoms with Crippen molar-refractivity contribution in [1.82, 2.24) is 0 Å². The summed E-state index contributed by atoms with van der Waals surface area (Å²) in [7, 11) is 0. The van der Waals surface area contributed by atoms with Gasteiger partial charge in [-0.05, 0) is 19.8 Å². The zero-order valence-corrected chi connectivity index (χ0v) is 9.90. The van der Waals surface area contributed by atoms with Crippen LogP contribution in [0.1, 0.15) is 32.6 Å². The molecule has 0 aromatic rings. The van der Waals surface area contributed by atoms with Crippen LogP contribution in [0.5, 0.6) is 0 Å². The molecule has 62 valence electrons. The van der Waals surface area contributed by atoms with Gasteiger partial charge in [0.1, 0.15) is 5.67 Å². The molecule has 1 aliphatic carbocycles. The second kappa shape index (κ2) is 4.85. The Morgan fingerprint density at radius 1 is 1.45 bits per heavy atom. The first kappa shape index (κ1) is 12.0. The first-order valence-corrected chi connectivity index (χ1v) is 3.71. The van der Waals surface area contributed by atoms with E-state index in [-0.39, 0.29) is 46.8 Å². The summed E-state index contributed by atoms with van der Waals surface area (Å²) in [6.07, 6.45) is 4.32. The van der Waals surface area contributed by atoms with Crippen LogP contribution in [0.4, 0.5) is 4.39 Å². The molecule has 1 saturated carbocycles. The summed E-state index contributed by atoms with van der Waals surface area (Å²) in [4.78, 5) is 10.1. The van der Waals surface area contributed by atoms with E-state index in [0.29, 0.717) is 25.7 Å². The molecular formula is C8H12FNdO-. The molecule has 1 aliphatic rings. The van der Waals surface area contributed by atoms with E-state index in [1.165, 1.54) is 0 Å². The molecule has 0 radical (unpaired) electrons. The SMILES string of the molecule is CC1(F)CCC([C-]=O)CC1.[Nd]. The van der Waals surface area contributed by atoms with Crippen molar-refractivity contribution in [2.24, 2.45) is 5.92 Å². The summed E-state index contributed by atoms with van der Waals surface area (Å²) in [5.74, 6) is 0.00354.